The van der Waals surface area contributed by atoms with Gasteiger partial charge in [-0.25, -0.2) is 0 Å². The van der Waals surface area contributed by atoms with E-state index in [2.05, 4.69) is 12.7 Å². The lowest BCUT2D eigenvalue weighted by Gasteiger charge is -2.08. The lowest BCUT2D eigenvalue weighted by atomic mass is 10.1. The van der Waals surface area contributed by atoms with E-state index >= 15 is 0 Å². The van der Waals surface area contributed by atoms with Crippen molar-refractivity contribution < 1.29 is 15.6 Å². The lowest BCUT2D eigenvalue weighted by Crippen LogP contribution is -2.55. The van der Waals surface area contributed by atoms with Crippen molar-refractivity contribution in [2.45, 2.75) is 32.2 Å². The van der Waals surface area contributed by atoms with Gasteiger partial charge in [0.2, 0.25) is 0 Å². The maximum absolute atomic E-state index is 8.96. The van der Waals surface area contributed by atoms with Crippen molar-refractivity contribution in [2.75, 3.05) is 13.2 Å². The number of hydrogen-bond acceptors (Lipinski definition) is 2. The fourth-order valence-corrected chi connectivity index (χ4v) is 1.48. The topological polar surface area (TPSA) is 57.1 Å². The van der Waals surface area contributed by atoms with E-state index in [1.165, 1.54) is 12.8 Å². The van der Waals surface area contributed by atoms with E-state index in [-0.39, 0.29) is 12.6 Å². The van der Waals surface area contributed by atoms with Gasteiger partial charge in [-0.3, -0.25) is 0 Å². The van der Waals surface area contributed by atoms with Crippen molar-refractivity contribution in [1.82, 2.24) is 0 Å². The molecule has 0 aromatic heterocycles. The Morgan fingerprint density at radius 3 is 2.50 bits per heavy atom. The normalized spacial score (nSPS) is 12.4. The first kappa shape index (κ1) is 13.0. The van der Waals surface area contributed by atoms with E-state index in [1.807, 2.05) is 24.3 Å². The molecule has 0 aliphatic rings. The van der Waals surface area contributed by atoms with Gasteiger partial charge in [0, 0.05) is 5.56 Å². The third kappa shape index (κ3) is 4.21. The number of rotatable bonds is 7. The Labute approximate surface area is 97.2 Å². The number of quaternary nitrogens is 1. The highest BCUT2D eigenvalue weighted by Gasteiger charge is 2.06. The molecule has 0 aliphatic carbocycles. The van der Waals surface area contributed by atoms with Crippen LogP contribution in [0.3, 0.4) is 0 Å². The van der Waals surface area contributed by atoms with Crippen LogP contribution in [0.2, 0.25) is 0 Å². The van der Waals surface area contributed by atoms with Crippen LogP contribution in [0.5, 0.6) is 5.75 Å². The number of unbranched alkanes of at least 4 members (excludes halogenated alkanes) is 2. The molecule has 16 heavy (non-hydrogen) atoms. The van der Waals surface area contributed by atoms with E-state index in [0.717, 1.165) is 24.3 Å². The van der Waals surface area contributed by atoms with Crippen LogP contribution >= 0.6 is 0 Å². The molecule has 0 spiro atoms. The van der Waals surface area contributed by atoms with Crippen molar-refractivity contribution in [1.29, 1.82) is 0 Å². The van der Waals surface area contributed by atoms with Crippen LogP contribution in [-0.4, -0.2) is 18.3 Å². The zero-order valence-electron chi connectivity index (χ0n) is 9.98. The molecule has 1 aromatic rings. The molecule has 1 atom stereocenters. The second kappa shape index (κ2) is 7.25. The van der Waals surface area contributed by atoms with Crippen LogP contribution in [0.15, 0.2) is 24.3 Å². The summed E-state index contributed by atoms with van der Waals surface area (Å²) in [6, 6.07) is 7.75. The Morgan fingerprint density at radius 2 is 1.94 bits per heavy atom. The highest BCUT2D eigenvalue weighted by atomic mass is 16.5. The Bertz CT molecular complexity index is 284. The Morgan fingerprint density at radius 1 is 1.25 bits per heavy atom. The molecule has 3 nitrogen and oxygen atoms in total. The molecule has 0 saturated carbocycles. The summed E-state index contributed by atoms with van der Waals surface area (Å²) in [6.07, 6.45) is 3.53. The minimum Gasteiger partial charge on any atom is -0.494 e. The number of aliphatic hydroxyl groups excluding tert-OH is 1. The molecule has 90 valence electrons. The van der Waals surface area contributed by atoms with Crippen molar-refractivity contribution in [2.24, 2.45) is 0 Å². The standard InChI is InChI=1S/C13H21NO2/c1-2-3-4-9-16-12-7-5-11(6-8-12)13(14)10-15/h5-8,13,15H,2-4,9-10,14H2,1H3/p+1/t13-/m1/s1. The molecule has 0 radical (unpaired) electrons. The quantitative estimate of drug-likeness (QED) is 0.690. The van der Waals surface area contributed by atoms with Crippen LogP contribution < -0.4 is 10.5 Å². The van der Waals surface area contributed by atoms with Gasteiger partial charge >= 0.3 is 0 Å². The van der Waals surface area contributed by atoms with E-state index in [9.17, 15) is 0 Å². The van der Waals surface area contributed by atoms with Crippen LogP contribution in [0.25, 0.3) is 0 Å². The van der Waals surface area contributed by atoms with Gasteiger partial charge in [-0.15, -0.1) is 0 Å². The first-order chi connectivity index (χ1) is 7.77. The Hall–Kier alpha value is -1.06. The van der Waals surface area contributed by atoms with Gasteiger partial charge in [-0.05, 0) is 30.7 Å². The highest BCUT2D eigenvalue weighted by molar-refractivity contribution is 5.28. The van der Waals surface area contributed by atoms with Gasteiger partial charge in [-0.1, -0.05) is 19.8 Å². The van der Waals surface area contributed by atoms with E-state index < -0.39 is 0 Å². The second-order valence-corrected chi connectivity index (χ2v) is 4.00. The van der Waals surface area contributed by atoms with Crippen molar-refractivity contribution in [3.05, 3.63) is 29.8 Å². The predicted molar refractivity (Wildman–Crippen MR) is 64.2 cm³/mol. The largest absolute Gasteiger partial charge is 0.494 e. The molecule has 3 heteroatoms. The minimum atomic E-state index is -0.0471. The predicted octanol–water partition coefficient (Wildman–Crippen LogP) is 1.53. The zero-order valence-corrected chi connectivity index (χ0v) is 9.98. The van der Waals surface area contributed by atoms with Gasteiger partial charge in [0.15, 0.2) is 0 Å². The SMILES string of the molecule is CCCCCOc1ccc([C@H]([NH3+])CO)cc1. The molecule has 1 rings (SSSR count). The van der Waals surface area contributed by atoms with Gasteiger partial charge in [0.25, 0.3) is 0 Å². The summed E-state index contributed by atoms with van der Waals surface area (Å²) >= 11 is 0. The molecule has 4 N–H and O–H groups in total. The van der Waals surface area contributed by atoms with Gasteiger partial charge < -0.3 is 15.6 Å². The summed E-state index contributed by atoms with van der Waals surface area (Å²) in [5.41, 5.74) is 4.90. The third-order valence-corrected chi connectivity index (χ3v) is 2.59. The second-order valence-electron chi connectivity index (χ2n) is 4.00. The average molecular weight is 224 g/mol. The average Bonchev–Trinajstić information content (AvgIpc) is 2.34. The number of ether oxygens (including phenoxy) is 1. The fraction of sp³-hybridized carbons (Fsp3) is 0.538. The highest BCUT2D eigenvalue weighted by Crippen LogP contribution is 2.15. The molecule has 0 unspecified atom stereocenters. The molecule has 0 bridgehead atoms. The number of aliphatic hydroxyl groups is 1. The van der Waals surface area contributed by atoms with Gasteiger partial charge in [0.1, 0.15) is 11.8 Å². The first-order valence-electron chi connectivity index (χ1n) is 5.94. The lowest BCUT2D eigenvalue weighted by molar-refractivity contribution is -0.432. The maximum Gasteiger partial charge on any atom is 0.133 e. The van der Waals surface area contributed by atoms with E-state index in [4.69, 9.17) is 9.84 Å². The summed E-state index contributed by atoms with van der Waals surface area (Å²) < 4.78 is 5.59. The van der Waals surface area contributed by atoms with E-state index in [0.29, 0.717) is 0 Å². The summed E-state index contributed by atoms with van der Waals surface area (Å²) in [5.74, 6) is 0.894. The van der Waals surface area contributed by atoms with Crippen molar-refractivity contribution in [3.8, 4) is 5.75 Å². The molecule has 0 aliphatic heterocycles. The Balaban J connectivity index is 2.39. The van der Waals surface area contributed by atoms with Crippen LogP contribution in [0.4, 0.5) is 0 Å². The number of hydrogen-bond donors (Lipinski definition) is 2. The molecular weight excluding hydrogens is 202 g/mol. The molecule has 1 aromatic carbocycles. The smallest absolute Gasteiger partial charge is 0.133 e. The summed E-state index contributed by atoms with van der Waals surface area (Å²) in [6.45, 7) is 3.04. The molecular formula is C13H22NO2+. The number of benzene rings is 1. The molecule has 0 fully saturated rings. The summed E-state index contributed by atoms with van der Waals surface area (Å²) in [7, 11) is 0. The molecule has 0 amide bonds. The maximum atomic E-state index is 8.96. The molecule has 0 saturated heterocycles. The third-order valence-electron chi connectivity index (χ3n) is 2.59. The van der Waals surface area contributed by atoms with Crippen LogP contribution in [0, 0.1) is 0 Å². The Kier molecular flexibility index (Phi) is 5.90. The van der Waals surface area contributed by atoms with Crippen LogP contribution in [0.1, 0.15) is 37.8 Å². The van der Waals surface area contributed by atoms with Gasteiger partial charge in [-0.2, -0.15) is 0 Å². The van der Waals surface area contributed by atoms with Gasteiger partial charge in [0.05, 0.1) is 13.2 Å². The zero-order chi connectivity index (χ0) is 11.8. The van der Waals surface area contributed by atoms with E-state index in [1.54, 1.807) is 0 Å². The van der Waals surface area contributed by atoms with Crippen molar-refractivity contribution >= 4 is 0 Å². The fourth-order valence-electron chi connectivity index (χ4n) is 1.48. The van der Waals surface area contributed by atoms with Crippen LogP contribution in [-0.2, 0) is 0 Å². The summed E-state index contributed by atoms with van der Waals surface area (Å²) in [5, 5.41) is 8.96. The van der Waals surface area contributed by atoms with Crippen molar-refractivity contribution in [3.63, 3.8) is 0 Å². The monoisotopic (exact) mass is 224 g/mol. The summed E-state index contributed by atoms with van der Waals surface area (Å²) in [4.78, 5) is 0. The molecule has 0 heterocycles. The minimum absolute atomic E-state index is 0.0471. The first-order valence-corrected chi connectivity index (χ1v) is 5.94.